The zero-order chi connectivity index (χ0) is 15.1. The number of imide groups is 1. The summed E-state index contributed by atoms with van der Waals surface area (Å²) in [4.78, 5) is 35.7. The van der Waals surface area contributed by atoms with Crippen molar-refractivity contribution in [1.82, 2.24) is 15.5 Å². The number of carbonyl (C=O) groups is 3. The Hall–Kier alpha value is -1.63. The van der Waals surface area contributed by atoms with E-state index in [0.29, 0.717) is 38.4 Å². The summed E-state index contributed by atoms with van der Waals surface area (Å²) in [6.45, 7) is 5.71. The van der Waals surface area contributed by atoms with Gasteiger partial charge in [0.25, 0.3) is 0 Å². The lowest BCUT2D eigenvalue weighted by Gasteiger charge is -2.29. The number of amides is 3. The van der Waals surface area contributed by atoms with Crippen molar-refractivity contribution in [3.05, 3.63) is 0 Å². The first kappa shape index (κ1) is 16.4. The van der Waals surface area contributed by atoms with E-state index in [1.165, 1.54) is 0 Å². The Bertz CT molecular complexity index is 363. The molecule has 1 rings (SSSR count). The van der Waals surface area contributed by atoms with Crippen LogP contribution < -0.4 is 10.6 Å². The molecule has 0 atom stereocenters. The van der Waals surface area contributed by atoms with Crippen LogP contribution in [0.3, 0.4) is 0 Å². The van der Waals surface area contributed by atoms with E-state index in [0.717, 1.165) is 0 Å². The summed E-state index contributed by atoms with van der Waals surface area (Å²) in [6, 6.07) is -0.482. The van der Waals surface area contributed by atoms with E-state index in [-0.39, 0.29) is 18.4 Å². The number of hydrogen-bond donors (Lipinski definition) is 3. The quantitative estimate of drug-likeness (QED) is 0.673. The van der Waals surface area contributed by atoms with Gasteiger partial charge in [-0.15, -0.1) is 0 Å². The molecule has 0 radical (unpaired) electrons. The highest BCUT2D eigenvalue weighted by Gasteiger charge is 2.25. The largest absolute Gasteiger partial charge is 0.481 e. The van der Waals surface area contributed by atoms with Gasteiger partial charge in [-0.05, 0) is 31.8 Å². The number of rotatable bonds is 5. The molecule has 20 heavy (non-hydrogen) atoms. The fourth-order valence-corrected chi connectivity index (χ4v) is 2.05. The Kier molecular flexibility index (Phi) is 6.44. The van der Waals surface area contributed by atoms with Crippen LogP contribution in [-0.4, -0.2) is 54.1 Å². The maximum atomic E-state index is 11.7. The Morgan fingerprint density at radius 1 is 1.25 bits per heavy atom. The van der Waals surface area contributed by atoms with Crippen molar-refractivity contribution in [3.63, 3.8) is 0 Å². The number of hydrogen-bond acceptors (Lipinski definition) is 4. The van der Waals surface area contributed by atoms with Crippen molar-refractivity contribution in [2.75, 3.05) is 26.2 Å². The van der Waals surface area contributed by atoms with Crippen molar-refractivity contribution < 1.29 is 19.5 Å². The van der Waals surface area contributed by atoms with Gasteiger partial charge in [0.05, 0.1) is 12.5 Å². The third-order valence-electron chi connectivity index (χ3n) is 3.23. The number of piperidine rings is 1. The fraction of sp³-hybridized carbons (Fsp3) is 0.769. The third-order valence-corrected chi connectivity index (χ3v) is 3.23. The van der Waals surface area contributed by atoms with Crippen LogP contribution >= 0.6 is 0 Å². The first-order chi connectivity index (χ1) is 9.38. The van der Waals surface area contributed by atoms with E-state index < -0.39 is 12.0 Å². The number of carboxylic acid groups (broad SMARTS) is 1. The molecule has 7 heteroatoms. The smallest absolute Gasteiger partial charge is 0.321 e. The molecule has 3 amide bonds. The maximum Gasteiger partial charge on any atom is 0.321 e. The summed E-state index contributed by atoms with van der Waals surface area (Å²) in [5.41, 5.74) is 0. The van der Waals surface area contributed by atoms with Gasteiger partial charge in [-0.1, -0.05) is 13.8 Å². The van der Waals surface area contributed by atoms with Crippen LogP contribution in [0.5, 0.6) is 0 Å². The topological polar surface area (TPSA) is 98.7 Å². The van der Waals surface area contributed by atoms with E-state index in [9.17, 15) is 14.4 Å². The highest BCUT2D eigenvalue weighted by molar-refractivity contribution is 5.95. The molecular formula is C13H23N3O4. The van der Waals surface area contributed by atoms with E-state index in [2.05, 4.69) is 10.6 Å². The second kappa shape index (κ2) is 7.84. The van der Waals surface area contributed by atoms with Gasteiger partial charge in [-0.2, -0.15) is 0 Å². The summed E-state index contributed by atoms with van der Waals surface area (Å²) in [5.74, 6) is -1.13. The average Bonchev–Trinajstić information content (AvgIpc) is 2.36. The van der Waals surface area contributed by atoms with Crippen LogP contribution in [0, 0.1) is 11.8 Å². The average molecular weight is 285 g/mol. The summed E-state index contributed by atoms with van der Waals surface area (Å²) in [5, 5.41) is 13.8. The standard InChI is InChI=1S/C13H23N3O4/c1-9(2)7-14-13(20)15-11(17)8-16-5-3-10(4-6-16)12(18)19/h9-10H,3-8H2,1-2H3,(H,18,19)(H2,14,15,17,20). The first-order valence-electron chi connectivity index (χ1n) is 6.91. The zero-order valence-electron chi connectivity index (χ0n) is 12.0. The molecule has 114 valence electrons. The van der Waals surface area contributed by atoms with Gasteiger partial charge < -0.3 is 10.4 Å². The molecule has 1 aliphatic rings. The lowest BCUT2D eigenvalue weighted by Crippen LogP contribution is -2.47. The number of likely N-dealkylation sites (tertiary alicyclic amines) is 1. The van der Waals surface area contributed by atoms with Crippen molar-refractivity contribution >= 4 is 17.9 Å². The lowest BCUT2D eigenvalue weighted by molar-refractivity contribution is -0.143. The monoisotopic (exact) mass is 285 g/mol. The highest BCUT2D eigenvalue weighted by Crippen LogP contribution is 2.16. The molecule has 0 bridgehead atoms. The molecule has 7 nitrogen and oxygen atoms in total. The van der Waals surface area contributed by atoms with Gasteiger partial charge in [0, 0.05) is 6.54 Å². The van der Waals surface area contributed by atoms with Crippen LogP contribution in [0.2, 0.25) is 0 Å². The predicted octanol–water partition coefficient (Wildman–Crippen LogP) is 0.265. The first-order valence-corrected chi connectivity index (χ1v) is 6.91. The minimum absolute atomic E-state index is 0.126. The number of aliphatic carboxylic acids is 1. The Morgan fingerprint density at radius 3 is 2.35 bits per heavy atom. The molecule has 0 aromatic rings. The van der Waals surface area contributed by atoms with E-state index in [4.69, 9.17) is 5.11 Å². The van der Waals surface area contributed by atoms with Gasteiger partial charge in [-0.3, -0.25) is 19.8 Å². The molecule has 0 aliphatic carbocycles. The van der Waals surface area contributed by atoms with Crippen LogP contribution in [-0.2, 0) is 9.59 Å². The number of nitrogens with one attached hydrogen (secondary N) is 2. The minimum atomic E-state index is -0.776. The molecule has 3 N–H and O–H groups in total. The molecule has 0 unspecified atom stereocenters. The fourth-order valence-electron chi connectivity index (χ4n) is 2.05. The summed E-state index contributed by atoms with van der Waals surface area (Å²) in [7, 11) is 0. The predicted molar refractivity (Wildman–Crippen MR) is 73.2 cm³/mol. The maximum absolute atomic E-state index is 11.7. The van der Waals surface area contributed by atoms with Gasteiger partial charge in [0.15, 0.2) is 0 Å². The highest BCUT2D eigenvalue weighted by atomic mass is 16.4. The van der Waals surface area contributed by atoms with Crippen LogP contribution in [0.1, 0.15) is 26.7 Å². The number of nitrogens with zero attached hydrogens (tertiary/aromatic N) is 1. The Balaban J connectivity index is 2.23. The molecule has 1 aliphatic heterocycles. The zero-order valence-corrected chi connectivity index (χ0v) is 12.0. The van der Waals surface area contributed by atoms with Crippen LogP contribution in [0.25, 0.3) is 0 Å². The number of urea groups is 1. The van der Waals surface area contributed by atoms with Crippen molar-refractivity contribution in [3.8, 4) is 0 Å². The molecule has 1 fully saturated rings. The van der Waals surface area contributed by atoms with Crippen molar-refractivity contribution in [2.45, 2.75) is 26.7 Å². The second-order valence-corrected chi connectivity index (χ2v) is 5.54. The molecule has 0 aromatic heterocycles. The number of carbonyl (C=O) groups excluding carboxylic acids is 2. The molecule has 0 spiro atoms. The molecule has 0 saturated carbocycles. The number of carboxylic acids is 1. The summed E-state index contributed by atoms with van der Waals surface area (Å²) in [6.07, 6.45) is 1.09. The van der Waals surface area contributed by atoms with Crippen LogP contribution in [0.15, 0.2) is 0 Å². The lowest BCUT2D eigenvalue weighted by atomic mass is 9.97. The van der Waals surface area contributed by atoms with Crippen LogP contribution in [0.4, 0.5) is 4.79 Å². The van der Waals surface area contributed by atoms with E-state index in [1.807, 2.05) is 18.7 Å². The molecule has 1 heterocycles. The van der Waals surface area contributed by atoms with Gasteiger partial charge >= 0.3 is 12.0 Å². The SMILES string of the molecule is CC(C)CNC(=O)NC(=O)CN1CCC(C(=O)O)CC1. The minimum Gasteiger partial charge on any atom is -0.481 e. The van der Waals surface area contributed by atoms with Crippen molar-refractivity contribution in [1.29, 1.82) is 0 Å². The third kappa shape index (κ3) is 6.01. The Labute approximate surface area is 118 Å². The van der Waals surface area contributed by atoms with E-state index in [1.54, 1.807) is 0 Å². The molecule has 0 aromatic carbocycles. The van der Waals surface area contributed by atoms with Gasteiger partial charge in [-0.25, -0.2) is 4.79 Å². The van der Waals surface area contributed by atoms with Gasteiger partial charge in [0.2, 0.25) is 5.91 Å². The Morgan fingerprint density at radius 2 is 1.85 bits per heavy atom. The summed E-state index contributed by atoms with van der Waals surface area (Å²) < 4.78 is 0. The van der Waals surface area contributed by atoms with E-state index >= 15 is 0 Å². The summed E-state index contributed by atoms with van der Waals surface area (Å²) >= 11 is 0. The van der Waals surface area contributed by atoms with Crippen molar-refractivity contribution in [2.24, 2.45) is 11.8 Å². The van der Waals surface area contributed by atoms with Gasteiger partial charge in [0.1, 0.15) is 0 Å². The molecular weight excluding hydrogens is 262 g/mol. The molecule has 1 saturated heterocycles. The second-order valence-electron chi connectivity index (χ2n) is 5.54. The normalized spacial score (nSPS) is 16.9.